The average molecular weight is 336 g/mol. The molecule has 21 heavy (non-hydrogen) atoms. The number of nitrogen functional groups attached to an aromatic ring is 1. The van der Waals surface area contributed by atoms with E-state index in [4.69, 9.17) is 10.8 Å². The Kier molecular flexibility index (Phi) is 5.97. The van der Waals surface area contributed by atoms with Gasteiger partial charge in [-0.25, -0.2) is 12.7 Å². The summed E-state index contributed by atoms with van der Waals surface area (Å²) in [5, 5.41) is 12.5. The van der Waals surface area contributed by atoms with Gasteiger partial charge in [-0.05, 0) is 29.8 Å². The van der Waals surface area contributed by atoms with E-state index in [0.717, 1.165) is 22.3 Å². The molecule has 122 valence electrons. The summed E-state index contributed by atoms with van der Waals surface area (Å²) < 4.78 is 29.6. The zero-order valence-corrected chi connectivity index (χ0v) is 14.5. The van der Waals surface area contributed by atoms with E-state index in [0.29, 0.717) is 18.0 Å². The van der Waals surface area contributed by atoms with Crippen LogP contribution in [0.3, 0.4) is 0 Å². The van der Waals surface area contributed by atoms with Gasteiger partial charge in [-0.2, -0.15) is 4.37 Å². The van der Waals surface area contributed by atoms with Gasteiger partial charge in [0.15, 0.2) is 10.7 Å². The topological polar surface area (TPSA) is 109 Å². The molecule has 7 nitrogen and oxygen atoms in total. The lowest BCUT2D eigenvalue weighted by Gasteiger charge is -2.25. The van der Waals surface area contributed by atoms with Crippen molar-refractivity contribution in [3.05, 3.63) is 0 Å². The fourth-order valence-corrected chi connectivity index (χ4v) is 3.88. The largest absolute Gasteiger partial charge is 0.396 e. The first-order valence-electron chi connectivity index (χ1n) is 6.64. The summed E-state index contributed by atoms with van der Waals surface area (Å²) in [6.45, 7) is 4.84. The summed E-state index contributed by atoms with van der Waals surface area (Å²) in [5.74, 6) is 0.0179. The maximum Gasteiger partial charge on any atom is 0.249 e. The van der Waals surface area contributed by atoms with Crippen LogP contribution in [0.1, 0.15) is 26.7 Å². The number of anilines is 2. The van der Waals surface area contributed by atoms with E-state index in [9.17, 15) is 8.42 Å². The van der Waals surface area contributed by atoms with Gasteiger partial charge in [0.25, 0.3) is 0 Å². The van der Waals surface area contributed by atoms with Gasteiger partial charge in [-0.1, -0.05) is 13.8 Å². The molecule has 0 aliphatic rings. The molecular formula is C12H24N4O3S2. The summed E-state index contributed by atoms with van der Waals surface area (Å²) in [4.78, 5) is 0.0375. The third-order valence-corrected chi connectivity index (χ3v) is 5.99. The lowest BCUT2D eigenvalue weighted by Crippen LogP contribution is -2.26. The van der Waals surface area contributed by atoms with Crippen LogP contribution in [0.15, 0.2) is 4.90 Å². The second kappa shape index (κ2) is 6.91. The Morgan fingerprint density at radius 2 is 2.05 bits per heavy atom. The van der Waals surface area contributed by atoms with Crippen molar-refractivity contribution in [1.82, 2.24) is 8.68 Å². The van der Waals surface area contributed by atoms with Crippen LogP contribution in [-0.2, 0) is 10.0 Å². The van der Waals surface area contributed by atoms with Crippen LogP contribution in [0.4, 0.5) is 10.8 Å². The fraction of sp³-hybridized carbons (Fsp3) is 0.750. The molecule has 1 rings (SSSR count). The molecule has 0 saturated heterocycles. The van der Waals surface area contributed by atoms with E-state index in [1.165, 1.54) is 14.1 Å². The van der Waals surface area contributed by atoms with Crippen molar-refractivity contribution >= 4 is 32.4 Å². The minimum atomic E-state index is -3.63. The number of nitrogens with one attached hydrogen (secondary N) is 1. The molecule has 0 aromatic carbocycles. The molecule has 1 aromatic rings. The molecule has 9 heteroatoms. The van der Waals surface area contributed by atoms with E-state index < -0.39 is 10.0 Å². The van der Waals surface area contributed by atoms with Crippen molar-refractivity contribution in [2.45, 2.75) is 31.6 Å². The number of sulfonamides is 1. The van der Waals surface area contributed by atoms with Gasteiger partial charge in [0, 0.05) is 27.2 Å². The maximum atomic E-state index is 12.3. The van der Waals surface area contributed by atoms with Gasteiger partial charge in [0.2, 0.25) is 10.0 Å². The maximum absolute atomic E-state index is 12.3. The molecule has 0 bridgehead atoms. The lowest BCUT2D eigenvalue weighted by atomic mass is 9.88. The van der Waals surface area contributed by atoms with E-state index in [1.54, 1.807) is 0 Å². The third kappa shape index (κ3) is 4.53. The first-order chi connectivity index (χ1) is 9.62. The van der Waals surface area contributed by atoms with Gasteiger partial charge < -0.3 is 16.2 Å². The summed E-state index contributed by atoms with van der Waals surface area (Å²) in [6.07, 6.45) is 1.54. The standard InChI is InChI=1S/C12H24N4O3S2/c1-12(2,6-5-7-17)8-14-11-9(10(13)15-20-11)21(18,19)16(3)4/h14,17H,5-8H2,1-4H3,(H2,13,15). The number of rotatable bonds is 8. The van der Waals surface area contributed by atoms with Crippen LogP contribution in [0.5, 0.6) is 0 Å². The number of nitrogens with zero attached hydrogens (tertiary/aromatic N) is 2. The monoisotopic (exact) mass is 336 g/mol. The number of aliphatic hydroxyl groups excluding tert-OH is 1. The first kappa shape index (κ1) is 18.1. The molecule has 1 heterocycles. The predicted octanol–water partition coefficient (Wildman–Crippen LogP) is 1.19. The van der Waals surface area contributed by atoms with Gasteiger partial charge in [0.05, 0.1) is 0 Å². The molecule has 0 unspecified atom stereocenters. The fourth-order valence-electron chi connectivity index (χ4n) is 1.80. The Balaban J connectivity index is 2.92. The minimum Gasteiger partial charge on any atom is -0.396 e. The molecule has 4 N–H and O–H groups in total. The first-order valence-corrected chi connectivity index (χ1v) is 8.85. The molecule has 0 aliphatic heterocycles. The second-order valence-corrected chi connectivity index (χ2v) is 8.72. The number of hydrogen-bond acceptors (Lipinski definition) is 7. The Morgan fingerprint density at radius 3 is 2.57 bits per heavy atom. The molecular weight excluding hydrogens is 312 g/mol. The Morgan fingerprint density at radius 1 is 1.43 bits per heavy atom. The van der Waals surface area contributed by atoms with E-state index in [2.05, 4.69) is 23.5 Å². The lowest BCUT2D eigenvalue weighted by molar-refractivity contribution is 0.248. The molecule has 0 radical (unpaired) electrons. The molecule has 0 aliphatic carbocycles. The van der Waals surface area contributed by atoms with E-state index in [1.807, 2.05) is 0 Å². The SMILES string of the molecule is CN(C)S(=O)(=O)c1c(N)nsc1NCC(C)(C)CCCO. The minimum absolute atomic E-state index is 0.0179. The van der Waals surface area contributed by atoms with Crippen LogP contribution in [0.2, 0.25) is 0 Å². The predicted molar refractivity (Wildman–Crippen MR) is 86.0 cm³/mol. The molecule has 0 amide bonds. The van der Waals surface area contributed by atoms with Crippen molar-refractivity contribution in [1.29, 1.82) is 0 Å². The highest BCUT2D eigenvalue weighted by atomic mass is 32.2. The highest BCUT2D eigenvalue weighted by molar-refractivity contribution is 7.89. The van der Waals surface area contributed by atoms with Crippen molar-refractivity contribution in [2.24, 2.45) is 5.41 Å². The van der Waals surface area contributed by atoms with Crippen LogP contribution >= 0.6 is 11.5 Å². The van der Waals surface area contributed by atoms with Crippen molar-refractivity contribution in [3.8, 4) is 0 Å². The highest BCUT2D eigenvalue weighted by Crippen LogP contribution is 2.34. The Hall–Kier alpha value is -0.900. The second-order valence-electron chi connectivity index (χ2n) is 5.86. The summed E-state index contributed by atoms with van der Waals surface area (Å²) in [6, 6.07) is 0. The molecule has 0 saturated carbocycles. The van der Waals surface area contributed by atoms with Crippen molar-refractivity contribution in [3.63, 3.8) is 0 Å². The van der Waals surface area contributed by atoms with Crippen LogP contribution < -0.4 is 11.1 Å². The van der Waals surface area contributed by atoms with Gasteiger partial charge in [-0.3, -0.25) is 0 Å². The van der Waals surface area contributed by atoms with Crippen LogP contribution in [0, 0.1) is 5.41 Å². The smallest absolute Gasteiger partial charge is 0.249 e. The van der Waals surface area contributed by atoms with Crippen molar-refractivity contribution in [2.75, 3.05) is 38.3 Å². The van der Waals surface area contributed by atoms with Crippen molar-refractivity contribution < 1.29 is 13.5 Å². The molecule has 0 atom stereocenters. The quantitative estimate of drug-likeness (QED) is 0.658. The molecule has 0 fully saturated rings. The van der Waals surface area contributed by atoms with Gasteiger partial charge in [-0.15, -0.1) is 0 Å². The van der Waals surface area contributed by atoms with Crippen LogP contribution in [0.25, 0.3) is 0 Å². The zero-order valence-electron chi connectivity index (χ0n) is 12.9. The number of aromatic nitrogens is 1. The zero-order chi connectivity index (χ0) is 16.3. The number of nitrogens with two attached hydrogens (primary N) is 1. The Labute approximate surface area is 130 Å². The Bertz CT molecular complexity index is 567. The van der Waals surface area contributed by atoms with Gasteiger partial charge in [0.1, 0.15) is 5.00 Å². The highest BCUT2D eigenvalue weighted by Gasteiger charge is 2.28. The summed E-state index contributed by atoms with van der Waals surface area (Å²) in [7, 11) is -0.706. The third-order valence-electron chi connectivity index (χ3n) is 3.15. The number of hydrogen-bond donors (Lipinski definition) is 3. The van der Waals surface area contributed by atoms with E-state index >= 15 is 0 Å². The number of aliphatic hydroxyl groups is 1. The molecule has 0 spiro atoms. The summed E-state index contributed by atoms with van der Waals surface area (Å²) in [5.41, 5.74) is 5.64. The summed E-state index contributed by atoms with van der Waals surface area (Å²) >= 11 is 1.04. The molecule has 1 aromatic heterocycles. The van der Waals surface area contributed by atoms with Gasteiger partial charge >= 0.3 is 0 Å². The van der Waals surface area contributed by atoms with Crippen LogP contribution in [-0.4, -0.2) is 49.5 Å². The average Bonchev–Trinajstić information content (AvgIpc) is 2.76. The normalized spacial score (nSPS) is 12.9. The van der Waals surface area contributed by atoms with E-state index in [-0.39, 0.29) is 22.7 Å².